The fourth-order valence-corrected chi connectivity index (χ4v) is 4.71. The summed E-state index contributed by atoms with van der Waals surface area (Å²) in [4.78, 5) is 2.57. The average molecular weight is 410 g/mol. The third kappa shape index (κ3) is 4.25. The van der Waals surface area contributed by atoms with Crippen LogP contribution in [0.5, 0.6) is 0 Å². The summed E-state index contributed by atoms with van der Waals surface area (Å²) in [6.07, 6.45) is 7.58. The van der Waals surface area contributed by atoms with Crippen LogP contribution in [0.2, 0.25) is 0 Å². The lowest BCUT2D eigenvalue weighted by atomic mass is 10.1. The van der Waals surface area contributed by atoms with Gasteiger partial charge in [-0.2, -0.15) is 5.10 Å². The molecule has 1 N–H and O–H groups in total. The molecule has 6 heteroatoms. The molecule has 1 atom stereocenters. The zero-order valence-electron chi connectivity index (χ0n) is 18.8. The maximum absolute atomic E-state index is 5.79. The van der Waals surface area contributed by atoms with Crippen molar-refractivity contribution < 1.29 is 4.42 Å². The maximum atomic E-state index is 5.79. The Balaban J connectivity index is 1.47. The molecule has 1 fully saturated rings. The molecule has 162 valence electrons. The predicted molar refractivity (Wildman–Crippen MR) is 120 cm³/mol. The Bertz CT molecular complexity index is 931. The molecular formula is C24H35N5O. The van der Waals surface area contributed by atoms with Crippen molar-refractivity contribution in [2.45, 2.75) is 65.6 Å². The highest BCUT2D eigenvalue weighted by atomic mass is 16.3. The Kier molecular flexibility index (Phi) is 6.44. The fourth-order valence-electron chi connectivity index (χ4n) is 4.71. The lowest BCUT2D eigenvalue weighted by Crippen LogP contribution is -2.38. The van der Waals surface area contributed by atoms with E-state index in [1.165, 1.54) is 36.2 Å². The van der Waals surface area contributed by atoms with Crippen LogP contribution in [0.15, 0.2) is 41.1 Å². The van der Waals surface area contributed by atoms with E-state index in [0.29, 0.717) is 12.1 Å². The molecule has 1 saturated heterocycles. The lowest BCUT2D eigenvalue weighted by molar-refractivity contribution is 0.142. The third-order valence-corrected chi connectivity index (χ3v) is 6.26. The number of piperidine rings is 1. The number of rotatable bonds is 8. The molecule has 1 aliphatic rings. The van der Waals surface area contributed by atoms with E-state index in [1.807, 2.05) is 12.3 Å². The molecule has 3 aromatic rings. The Labute approximate surface area is 179 Å². The molecule has 4 heterocycles. The molecule has 4 rings (SSSR count). The van der Waals surface area contributed by atoms with E-state index in [-0.39, 0.29) is 0 Å². The van der Waals surface area contributed by atoms with Gasteiger partial charge >= 0.3 is 0 Å². The molecule has 30 heavy (non-hydrogen) atoms. The van der Waals surface area contributed by atoms with Gasteiger partial charge in [0.25, 0.3) is 0 Å². The molecule has 0 aromatic carbocycles. The highest BCUT2D eigenvalue weighted by Gasteiger charge is 2.24. The zero-order valence-corrected chi connectivity index (χ0v) is 18.8. The molecule has 0 radical (unpaired) electrons. The van der Waals surface area contributed by atoms with Crippen LogP contribution in [0.1, 0.15) is 67.9 Å². The maximum Gasteiger partial charge on any atom is 0.135 e. The Morgan fingerprint density at radius 2 is 1.93 bits per heavy atom. The number of hydrogen-bond donors (Lipinski definition) is 1. The van der Waals surface area contributed by atoms with Crippen molar-refractivity contribution in [1.29, 1.82) is 0 Å². The molecule has 0 bridgehead atoms. The molecule has 1 unspecified atom stereocenters. The summed E-state index contributed by atoms with van der Waals surface area (Å²) in [5.74, 6) is 2.20. The minimum absolute atomic E-state index is 0.297. The van der Waals surface area contributed by atoms with Crippen LogP contribution >= 0.6 is 0 Å². The first kappa shape index (κ1) is 20.9. The number of hydrogen-bond acceptors (Lipinski definition) is 4. The van der Waals surface area contributed by atoms with Crippen LogP contribution < -0.4 is 5.32 Å². The quantitative estimate of drug-likeness (QED) is 0.582. The van der Waals surface area contributed by atoms with Crippen molar-refractivity contribution in [3.8, 4) is 5.82 Å². The summed E-state index contributed by atoms with van der Waals surface area (Å²) in [6.45, 7) is 12.8. The topological polar surface area (TPSA) is 51.2 Å². The van der Waals surface area contributed by atoms with Crippen molar-refractivity contribution in [1.82, 2.24) is 24.6 Å². The van der Waals surface area contributed by atoms with Gasteiger partial charge in [-0.25, -0.2) is 4.68 Å². The number of aromatic nitrogens is 3. The second-order valence-corrected chi connectivity index (χ2v) is 8.72. The summed E-state index contributed by atoms with van der Waals surface area (Å²) >= 11 is 0. The van der Waals surface area contributed by atoms with Gasteiger partial charge in [0.2, 0.25) is 0 Å². The average Bonchev–Trinajstić information content (AvgIpc) is 3.47. The van der Waals surface area contributed by atoms with E-state index in [9.17, 15) is 0 Å². The molecule has 6 nitrogen and oxygen atoms in total. The van der Waals surface area contributed by atoms with Gasteiger partial charge in [-0.05, 0) is 77.4 Å². The number of likely N-dealkylation sites (tertiary alicyclic amines) is 1. The van der Waals surface area contributed by atoms with E-state index in [4.69, 9.17) is 4.42 Å². The van der Waals surface area contributed by atoms with Gasteiger partial charge in [-0.3, -0.25) is 4.90 Å². The van der Waals surface area contributed by atoms with Gasteiger partial charge in [0.15, 0.2) is 0 Å². The van der Waals surface area contributed by atoms with Crippen LogP contribution in [-0.2, 0) is 6.54 Å². The number of aryl methyl sites for hydroxylation is 1. The molecule has 0 spiro atoms. The van der Waals surface area contributed by atoms with Crippen LogP contribution in [0.25, 0.3) is 5.82 Å². The minimum atomic E-state index is 0.297. The predicted octanol–water partition coefficient (Wildman–Crippen LogP) is 4.78. The Morgan fingerprint density at radius 1 is 1.13 bits per heavy atom. The van der Waals surface area contributed by atoms with Crippen LogP contribution in [-0.4, -0.2) is 38.9 Å². The van der Waals surface area contributed by atoms with Gasteiger partial charge in [0, 0.05) is 36.6 Å². The van der Waals surface area contributed by atoms with Crippen molar-refractivity contribution in [3.63, 3.8) is 0 Å². The smallest absolute Gasteiger partial charge is 0.135 e. The molecular weight excluding hydrogens is 374 g/mol. The molecule has 3 aromatic heterocycles. The molecule has 0 aliphatic carbocycles. The van der Waals surface area contributed by atoms with Crippen molar-refractivity contribution in [2.24, 2.45) is 0 Å². The van der Waals surface area contributed by atoms with Gasteiger partial charge < -0.3 is 14.3 Å². The SMILES string of the molecule is Cc1cc(CNCC(c2ccco2)N2CCCCC2)c(C)n1-c1ccnn1C(C)C. The van der Waals surface area contributed by atoms with Gasteiger partial charge in [-0.15, -0.1) is 0 Å². The summed E-state index contributed by atoms with van der Waals surface area (Å²) in [5.41, 5.74) is 3.85. The summed E-state index contributed by atoms with van der Waals surface area (Å²) in [6, 6.07) is 9.13. The largest absolute Gasteiger partial charge is 0.468 e. The van der Waals surface area contributed by atoms with E-state index >= 15 is 0 Å². The second-order valence-electron chi connectivity index (χ2n) is 8.72. The van der Waals surface area contributed by atoms with Crippen molar-refractivity contribution in [2.75, 3.05) is 19.6 Å². The molecule has 0 amide bonds. The third-order valence-electron chi connectivity index (χ3n) is 6.26. The second kappa shape index (κ2) is 9.23. The van der Waals surface area contributed by atoms with Crippen LogP contribution in [0.3, 0.4) is 0 Å². The Morgan fingerprint density at radius 3 is 2.63 bits per heavy atom. The van der Waals surface area contributed by atoms with Crippen LogP contribution in [0, 0.1) is 13.8 Å². The number of furan rings is 1. The van der Waals surface area contributed by atoms with Gasteiger partial charge in [0.1, 0.15) is 11.6 Å². The first-order chi connectivity index (χ1) is 14.6. The summed E-state index contributed by atoms with van der Waals surface area (Å²) in [7, 11) is 0. The first-order valence-corrected chi connectivity index (χ1v) is 11.3. The summed E-state index contributed by atoms with van der Waals surface area (Å²) in [5, 5.41) is 8.23. The lowest BCUT2D eigenvalue weighted by Gasteiger charge is -2.33. The van der Waals surface area contributed by atoms with E-state index in [2.05, 4.69) is 70.5 Å². The number of nitrogens with one attached hydrogen (secondary N) is 1. The fraction of sp³-hybridized carbons (Fsp3) is 0.542. The van der Waals surface area contributed by atoms with E-state index in [1.54, 1.807) is 6.26 Å². The zero-order chi connectivity index (χ0) is 21.1. The normalized spacial score (nSPS) is 16.4. The van der Waals surface area contributed by atoms with Crippen molar-refractivity contribution >= 4 is 0 Å². The highest BCUT2D eigenvalue weighted by Crippen LogP contribution is 2.26. The molecule has 1 aliphatic heterocycles. The van der Waals surface area contributed by atoms with Crippen LogP contribution in [0.4, 0.5) is 0 Å². The monoisotopic (exact) mass is 409 g/mol. The number of nitrogens with zero attached hydrogens (tertiary/aromatic N) is 4. The highest BCUT2D eigenvalue weighted by molar-refractivity contribution is 5.37. The van der Waals surface area contributed by atoms with Gasteiger partial charge in [0.05, 0.1) is 18.5 Å². The summed E-state index contributed by atoms with van der Waals surface area (Å²) < 4.78 is 10.2. The molecule has 0 saturated carbocycles. The van der Waals surface area contributed by atoms with E-state index in [0.717, 1.165) is 37.8 Å². The van der Waals surface area contributed by atoms with Crippen molar-refractivity contribution in [3.05, 3.63) is 59.4 Å². The first-order valence-electron chi connectivity index (χ1n) is 11.3. The Hall–Kier alpha value is -2.31. The van der Waals surface area contributed by atoms with E-state index < -0.39 is 0 Å². The standard InChI is InChI=1S/C24H35N5O/c1-18(2)29-24(10-11-26-29)28-19(3)15-21(20(28)4)16-25-17-22(23-9-8-14-30-23)27-12-6-5-7-13-27/h8-11,14-15,18,22,25H,5-7,12-13,16-17H2,1-4H3. The minimum Gasteiger partial charge on any atom is -0.468 e. The van der Waals surface area contributed by atoms with Gasteiger partial charge in [-0.1, -0.05) is 6.42 Å².